The van der Waals surface area contributed by atoms with Crippen molar-refractivity contribution in [3.05, 3.63) is 107 Å². The first kappa shape index (κ1) is 31.0. The lowest BCUT2D eigenvalue weighted by molar-refractivity contribution is -0.135. The number of likely N-dealkylation sites (tertiary alicyclic amines) is 1. The molecule has 0 radical (unpaired) electrons. The summed E-state index contributed by atoms with van der Waals surface area (Å²) in [4.78, 5) is 45.7. The van der Waals surface area contributed by atoms with Gasteiger partial charge in [0.1, 0.15) is 11.6 Å². The molecule has 1 fully saturated rings. The second kappa shape index (κ2) is 13.0. The van der Waals surface area contributed by atoms with E-state index in [2.05, 4.69) is 40.6 Å². The van der Waals surface area contributed by atoms with Gasteiger partial charge in [-0.05, 0) is 81.7 Å². The van der Waals surface area contributed by atoms with E-state index in [1.807, 2.05) is 56.0 Å². The second-order valence-electron chi connectivity index (χ2n) is 12.6. The Labute approximate surface area is 259 Å². The van der Waals surface area contributed by atoms with Crippen molar-refractivity contribution in [2.75, 3.05) is 20.2 Å². The van der Waals surface area contributed by atoms with Gasteiger partial charge in [-0.3, -0.25) is 9.78 Å². The molecule has 8 nitrogen and oxygen atoms in total. The first-order valence-corrected chi connectivity index (χ1v) is 15.3. The molecule has 1 spiro atoms. The predicted molar refractivity (Wildman–Crippen MR) is 169 cm³/mol. The first-order chi connectivity index (χ1) is 21.1. The molecule has 0 saturated carbocycles. The zero-order valence-corrected chi connectivity index (χ0v) is 26.0. The minimum absolute atomic E-state index is 0.0908. The van der Waals surface area contributed by atoms with Crippen LogP contribution in [0.1, 0.15) is 79.2 Å². The highest BCUT2D eigenvalue weighted by Gasteiger charge is 2.43. The molecule has 2 aromatic carbocycles. The average molecular weight is 596 g/mol. The summed E-state index contributed by atoms with van der Waals surface area (Å²) in [5, 5.41) is 2.87. The van der Waals surface area contributed by atoms with Crippen molar-refractivity contribution in [3.63, 3.8) is 0 Å². The van der Waals surface area contributed by atoms with Crippen molar-refractivity contribution in [3.8, 4) is 0 Å². The van der Waals surface area contributed by atoms with E-state index < -0.39 is 23.7 Å². The Kier molecular flexibility index (Phi) is 9.18. The van der Waals surface area contributed by atoms with Crippen LogP contribution in [0.3, 0.4) is 0 Å². The van der Waals surface area contributed by atoms with Gasteiger partial charge in [-0.2, -0.15) is 0 Å². The number of ether oxygens (including phenoxy) is 2. The van der Waals surface area contributed by atoms with Crippen LogP contribution in [0.5, 0.6) is 0 Å². The standard InChI is InChI=1S/C36H41N3O5/c1-35(2,3)44-34(42)38-30(18-10-14-25-12-6-5-7-13-25)32(40)39-22-19-36(20-23-39)24-28(26-15-8-9-17-29(26)36)31-27(33(41)43-4)16-11-21-37-31/h5-9,11-13,15-17,21,24,30H,10,14,18-20,22-23H2,1-4H3,(H,38,42). The number of carbonyl (C=O) groups excluding carboxylic acids is 3. The summed E-state index contributed by atoms with van der Waals surface area (Å²) in [5.74, 6) is -0.518. The number of nitrogens with zero attached hydrogens (tertiary/aromatic N) is 2. The molecule has 1 saturated heterocycles. The summed E-state index contributed by atoms with van der Waals surface area (Å²) in [5.41, 5.74) is 4.38. The van der Waals surface area contributed by atoms with Crippen LogP contribution in [-0.2, 0) is 26.1 Å². The van der Waals surface area contributed by atoms with E-state index in [4.69, 9.17) is 9.47 Å². The number of nitrogens with one attached hydrogen (secondary N) is 1. The minimum Gasteiger partial charge on any atom is -0.465 e. The molecule has 1 aliphatic carbocycles. The highest BCUT2D eigenvalue weighted by molar-refractivity contribution is 5.98. The predicted octanol–water partition coefficient (Wildman–Crippen LogP) is 6.09. The van der Waals surface area contributed by atoms with Gasteiger partial charge in [0, 0.05) is 30.3 Å². The Bertz CT molecular complexity index is 1530. The quantitative estimate of drug-likeness (QED) is 0.317. The number of aryl methyl sites for hydroxylation is 1. The van der Waals surface area contributed by atoms with E-state index in [1.54, 1.807) is 18.3 Å². The molecular formula is C36H41N3O5. The zero-order valence-electron chi connectivity index (χ0n) is 26.0. The third kappa shape index (κ3) is 6.85. The molecule has 1 aliphatic heterocycles. The highest BCUT2D eigenvalue weighted by Crippen LogP contribution is 2.49. The van der Waals surface area contributed by atoms with Crippen molar-refractivity contribution < 1.29 is 23.9 Å². The van der Waals surface area contributed by atoms with Crippen molar-refractivity contribution in [2.45, 2.75) is 69.9 Å². The van der Waals surface area contributed by atoms with Gasteiger partial charge in [-0.15, -0.1) is 0 Å². The van der Waals surface area contributed by atoms with Crippen LogP contribution in [0, 0.1) is 0 Å². The lowest BCUT2D eigenvalue weighted by atomic mass is 9.74. The topological polar surface area (TPSA) is 97.8 Å². The molecule has 1 N–H and O–H groups in total. The molecule has 44 heavy (non-hydrogen) atoms. The summed E-state index contributed by atoms with van der Waals surface area (Å²) < 4.78 is 10.5. The third-order valence-corrected chi connectivity index (χ3v) is 8.40. The SMILES string of the molecule is COC(=O)c1cccnc1C1=CC2(CCN(C(=O)C(CCCc3ccccc3)NC(=O)OC(C)(C)C)CC2)c2ccccc21. The largest absolute Gasteiger partial charge is 0.465 e. The molecular weight excluding hydrogens is 554 g/mol. The van der Waals surface area contributed by atoms with E-state index in [0.29, 0.717) is 43.6 Å². The van der Waals surface area contributed by atoms with Crippen molar-refractivity contribution in [1.29, 1.82) is 0 Å². The number of piperidine rings is 1. The fourth-order valence-corrected chi connectivity index (χ4v) is 6.30. The number of aromatic nitrogens is 1. The van der Waals surface area contributed by atoms with Crippen LogP contribution >= 0.6 is 0 Å². The molecule has 2 heterocycles. The van der Waals surface area contributed by atoms with Crippen LogP contribution in [-0.4, -0.2) is 59.7 Å². The molecule has 2 aliphatic rings. The van der Waals surface area contributed by atoms with Crippen LogP contribution in [0.4, 0.5) is 4.79 Å². The normalized spacial score (nSPS) is 16.1. The Morgan fingerprint density at radius 1 is 0.977 bits per heavy atom. The van der Waals surface area contributed by atoms with E-state index in [0.717, 1.165) is 24.0 Å². The summed E-state index contributed by atoms with van der Waals surface area (Å²) in [7, 11) is 1.37. The van der Waals surface area contributed by atoms with E-state index >= 15 is 0 Å². The number of alkyl carbamates (subject to hydrolysis) is 1. The summed E-state index contributed by atoms with van der Waals surface area (Å²) in [6.07, 6.45) is 6.83. The van der Waals surface area contributed by atoms with Gasteiger partial charge in [0.15, 0.2) is 0 Å². The van der Waals surface area contributed by atoms with E-state index in [9.17, 15) is 14.4 Å². The Morgan fingerprint density at radius 2 is 1.68 bits per heavy atom. The number of fused-ring (bicyclic) bond motifs is 2. The first-order valence-electron chi connectivity index (χ1n) is 15.3. The van der Waals surface area contributed by atoms with Gasteiger partial charge in [-0.1, -0.05) is 60.7 Å². The van der Waals surface area contributed by atoms with Gasteiger partial charge in [0.05, 0.1) is 18.4 Å². The monoisotopic (exact) mass is 595 g/mol. The third-order valence-electron chi connectivity index (χ3n) is 8.40. The molecule has 230 valence electrons. The molecule has 0 bridgehead atoms. The van der Waals surface area contributed by atoms with Crippen LogP contribution in [0.25, 0.3) is 5.57 Å². The van der Waals surface area contributed by atoms with Gasteiger partial charge in [0.25, 0.3) is 0 Å². The average Bonchev–Trinajstić information content (AvgIpc) is 3.33. The summed E-state index contributed by atoms with van der Waals surface area (Å²) >= 11 is 0. The zero-order chi connectivity index (χ0) is 31.3. The number of benzene rings is 2. The van der Waals surface area contributed by atoms with Crippen molar-refractivity contribution in [2.24, 2.45) is 0 Å². The summed E-state index contributed by atoms with van der Waals surface area (Å²) in [6, 6.07) is 21.2. The van der Waals surface area contributed by atoms with Crippen LogP contribution < -0.4 is 5.32 Å². The lowest BCUT2D eigenvalue weighted by Gasteiger charge is -2.40. The molecule has 1 unspecified atom stereocenters. The number of hydrogen-bond acceptors (Lipinski definition) is 6. The fraction of sp³-hybridized carbons (Fsp3) is 0.389. The maximum atomic E-state index is 13.9. The van der Waals surface area contributed by atoms with Crippen LogP contribution in [0.15, 0.2) is 79.0 Å². The molecule has 8 heteroatoms. The van der Waals surface area contributed by atoms with Crippen molar-refractivity contribution >= 4 is 23.5 Å². The number of rotatable bonds is 8. The fourth-order valence-electron chi connectivity index (χ4n) is 6.30. The van der Waals surface area contributed by atoms with Gasteiger partial charge >= 0.3 is 12.1 Å². The van der Waals surface area contributed by atoms with Crippen LogP contribution in [0.2, 0.25) is 0 Å². The Balaban J connectivity index is 1.34. The highest BCUT2D eigenvalue weighted by atomic mass is 16.6. The lowest BCUT2D eigenvalue weighted by Crippen LogP contribution is -2.53. The number of pyridine rings is 1. The molecule has 1 aromatic heterocycles. The number of carbonyl (C=O) groups is 3. The summed E-state index contributed by atoms with van der Waals surface area (Å²) in [6.45, 7) is 6.50. The van der Waals surface area contributed by atoms with Gasteiger partial charge < -0.3 is 19.7 Å². The Morgan fingerprint density at radius 3 is 2.39 bits per heavy atom. The number of allylic oxidation sites excluding steroid dienone is 1. The second-order valence-corrected chi connectivity index (χ2v) is 12.6. The number of amides is 2. The van der Waals surface area contributed by atoms with Gasteiger partial charge in [-0.25, -0.2) is 9.59 Å². The minimum atomic E-state index is -0.680. The maximum absolute atomic E-state index is 13.9. The smallest absolute Gasteiger partial charge is 0.408 e. The van der Waals surface area contributed by atoms with Crippen molar-refractivity contribution in [1.82, 2.24) is 15.2 Å². The molecule has 1 atom stereocenters. The molecule has 2 amide bonds. The maximum Gasteiger partial charge on any atom is 0.408 e. The molecule has 3 aromatic rings. The number of hydrogen-bond donors (Lipinski definition) is 1. The number of esters is 1. The Hall–Kier alpha value is -4.46. The van der Waals surface area contributed by atoms with Gasteiger partial charge in [0.2, 0.25) is 5.91 Å². The molecule has 5 rings (SSSR count). The van der Waals surface area contributed by atoms with E-state index in [-0.39, 0.29) is 11.3 Å². The number of methoxy groups -OCH3 is 1. The van der Waals surface area contributed by atoms with E-state index in [1.165, 1.54) is 18.2 Å².